The predicted octanol–water partition coefficient (Wildman–Crippen LogP) is 4.25. The zero-order valence-corrected chi connectivity index (χ0v) is 18.0. The average molecular weight is 443 g/mol. The topological polar surface area (TPSA) is 114 Å². The molecule has 4 aromatic rings. The van der Waals surface area contributed by atoms with Gasteiger partial charge in [0.1, 0.15) is 11.5 Å². The van der Waals surface area contributed by atoms with Crippen molar-refractivity contribution in [3.63, 3.8) is 0 Å². The smallest absolute Gasteiger partial charge is 0.274 e. The fraction of sp³-hybridized carbons (Fsp3) is 0.0800. The molecule has 0 saturated heterocycles. The molecule has 4 rings (SSSR count). The van der Waals surface area contributed by atoms with Gasteiger partial charge in [0.15, 0.2) is 11.5 Å². The van der Waals surface area contributed by atoms with Crippen LogP contribution in [-0.4, -0.2) is 35.2 Å². The molecule has 0 aliphatic carbocycles. The molecular weight excluding hydrogens is 422 g/mol. The average Bonchev–Trinajstić information content (AvgIpc) is 2.84. The molecule has 1 amide bonds. The van der Waals surface area contributed by atoms with Gasteiger partial charge in [0.25, 0.3) is 11.5 Å². The van der Waals surface area contributed by atoms with Crippen molar-refractivity contribution in [3.05, 3.63) is 93.9 Å². The summed E-state index contributed by atoms with van der Waals surface area (Å²) in [6.07, 6.45) is 1.27. The highest BCUT2D eigenvalue weighted by Crippen LogP contribution is 2.30. The summed E-state index contributed by atoms with van der Waals surface area (Å²) < 4.78 is 10.4. The number of benzene rings is 3. The number of aromatic nitrogens is 2. The number of methoxy groups -OCH3 is 2. The second-order valence-corrected chi connectivity index (χ2v) is 7.10. The van der Waals surface area contributed by atoms with E-state index in [4.69, 9.17) is 9.47 Å². The van der Waals surface area contributed by atoms with E-state index in [1.165, 1.54) is 20.3 Å². The summed E-state index contributed by atoms with van der Waals surface area (Å²) in [6, 6.07) is 18.8. The van der Waals surface area contributed by atoms with E-state index >= 15 is 0 Å². The fourth-order valence-electron chi connectivity index (χ4n) is 3.27. The number of aromatic amines is 1. The van der Waals surface area contributed by atoms with E-state index in [0.717, 1.165) is 0 Å². The molecule has 0 atom stereocenters. The first-order chi connectivity index (χ1) is 16.0. The molecule has 0 aliphatic rings. The molecule has 1 heterocycles. The number of para-hydroxylation sites is 1. The maximum Gasteiger partial charge on any atom is 0.274 e. The number of rotatable bonds is 6. The van der Waals surface area contributed by atoms with Crippen molar-refractivity contribution in [2.75, 3.05) is 19.5 Å². The fourth-order valence-corrected chi connectivity index (χ4v) is 3.27. The van der Waals surface area contributed by atoms with Crippen molar-refractivity contribution < 1.29 is 19.4 Å². The van der Waals surface area contributed by atoms with Crippen LogP contribution in [0.3, 0.4) is 0 Å². The zero-order valence-electron chi connectivity index (χ0n) is 18.0. The van der Waals surface area contributed by atoms with Crippen LogP contribution in [0.5, 0.6) is 11.5 Å². The first kappa shape index (κ1) is 21.6. The highest BCUT2D eigenvalue weighted by atomic mass is 16.5. The van der Waals surface area contributed by atoms with E-state index in [1.54, 1.807) is 48.5 Å². The zero-order chi connectivity index (χ0) is 23.4. The third-order valence-electron chi connectivity index (χ3n) is 4.96. The van der Waals surface area contributed by atoms with Crippen LogP contribution in [0.25, 0.3) is 22.9 Å². The maximum atomic E-state index is 12.6. The van der Waals surface area contributed by atoms with Crippen molar-refractivity contribution in [2.45, 2.75) is 0 Å². The van der Waals surface area contributed by atoms with Gasteiger partial charge in [-0.05, 0) is 48.5 Å². The highest BCUT2D eigenvalue weighted by Gasteiger charge is 2.12. The molecule has 0 radical (unpaired) electrons. The summed E-state index contributed by atoms with van der Waals surface area (Å²) in [5, 5.41) is 13.3. The minimum absolute atomic E-state index is 0.0243. The lowest BCUT2D eigenvalue weighted by molar-refractivity contribution is 0.102. The molecule has 3 aromatic carbocycles. The van der Waals surface area contributed by atoms with Crippen LogP contribution in [0.2, 0.25) is 0 Å². The number of carbonyl (C=O) groups excluding carboxylic acids is 1. The molecule has 33 heavy (non-hydrogen) atoms. The van der Waals surface area contributed by atoms with Crippen molar-refractivity contribution >= 4 is 34.5 Å². The number of aliphatic hydroxyl groups excluding tert-OH is 1. The molecule has 0 aliphatic heterocycles. The SMILES string of the molecule is COc1ccc(C(O)=Cc2nc3ccc(C(=O)Nc4ccccc4)cc3[nH]c2=O)cc1OC. The lowest BCUT2D eigenvalue weighted by Crippen LogP contribution is -2.14. The largest absolute Gasteiger partial charge is 0.507 e. The number of fused-ring (bicyclic) bond motifs is 1. The van der Waals surface area contributed by atoms with Gasteiger partial charge in [-0.15, -0.1) is 0 Å². The normalized spacial score (nSPS) is 11.3. The minimum atomic E-state index is -0.504. The van der Waals surface area contributed by atoms with Gasteiger partial charge < -0.3 is 24.9 Å². The molecular formula is C25H21N3O5. The van der Waals surface area contributed by atoms with Gasteiger partial charge in [-0.3, -0.25) is 9.59 Å². The number of ether oxygens (including phenoxy) is 2. The van der Waals surface area contributed by atoms with Gasteiger partial charge in [-0.25, -0.2) is 4.98 Å². The number of hydrogen-bond acceptors (Lipinski definition) is 6. The van der Waals surface area contributed by atoms with Crippen molar-refractivity contribution in [3.8, 4) is 11.5 Å². The number of nitrogens with zero attached hydrogens (tertiary/aromatic N) is 1. The van der Waals surface area contributed by atoms with Gasteiger partial charge in [0, 0.05) is 22.9 Å². The predicted molar refractivity (Wildman–Crippen MR) is 127 cm³/mol. The van der Waals surface area contributed by atoms with Gasteiger partial charge in [-0.1, -0.05) is 18.2 Å². The molecule has 8 nitrogen and oxygen atoms in total. The standard InChI is InChI=1S/C25H21N3O5/c1-32-22-11-9-15(13-23(22)33-2)21(29)14-20-25(31)28-19-12-16(8-10-18(19)27-20)24(30)26-17-6-4-3-5-7-17/h3-14,29H,1-2H3,(H,26,30)(H,28,31). The summed E-state index contributed by atoms with van der Waals surface area (Å²) in [7, 11) is 3.01. The first-order valence-electron chi connectivity index (χ1n) is 10.0. The summed E-state index contributed by atoms with van der Waals surface area (Å²) in [6.45, 7) is 0. The van der Waals surface area contributed by atoms with Gasteiger partial charge >= 0.3 is 0 Å². The van der Waals surface area contributed by atoms with Gasteiger partial charge in [0.05, 0.1) is 25.3 Å². The molecule has 166 valence electrons. The Bertz CT molecular complexity index is 1410. The van der Waals surface area contributed by atoms with Crippen LogP contribution in [0, 0.1) is 0 Å². The van der Waals surface area contributed by atoms with Crippen LogP contribution in [0.1, 0.15) is 21.6 Å². The Balaban J connectivity index is 1.63. The molecule has 0 spiro atoms. The molecule has 1 aromatic heterocycles. The Labute approximate surface area is 189 Å². The molecule has 0 bridgehead atoms. The molecule has 0 unspecified atom stereocenters. The number of hydrogen-bond donors (Lipinski definition) is 3. The van der Waals surface area contributed by atoms with Crippen LogP contribution < -0.4 is 20.3 Å². The number of carbonyl (C=O) groups is 1. The van der Waals surface area contributed by atoms with Crippen LogP contribution >= 0.6 is 0 Å². The van der Waals surface area contributed by atoms with Crippen LogP contribution in [-0.2, 0) is 0 Å². The van der Waals surface area contributed by atoms with E-state index in [0.29, 0.717) is 39.3 Å². The summed E-state index contributed by atoms with van der Waals surface area (Å²) in [5.41, 5.74) is 1.87. The van der Waals surface area contributed by atoms with Gasteiger partial charge in [0.2, 0.25) is 0 Å². The van der Waals surface area contributed by atoms with Crippen molar-refractivity contribution in [2.24, 2.45) is 0 Å². The number of amides is 1. The Hall–Kier alpha value is -4.59. The second-order valence-electron chi connectivity index (χ2n) is 7.10. The monoisotopic (exact) mass is 443 g/mol. The lowest BCUT2D eigenvalue weighted by atomic mass is 10.1. The summed E-state index contributed by atoms with van der Waals surface area (Å²) >= 11 is 0. The van der Waals surface area contributed by atoms with E-state index in [2.05, 4.69) is 15.3 Å². The molecule has 0 saturated carbocycles. The van der Waals surface area contributed by atoms with E-state index in [-0.39, 0.29) is 17.4 Å². The summed E-state index contributed by atoms with van der Waals surface area (Å²) in [4.78, 5) is 32.2. The third kappa shape index (κ3) is 4.69. The summed E-state index contributed by atoms with van der Waals surface area (Å²) in [5.74, 6) is 0.491. The molecule has 8 heteroatoms. The van der Waals surface area contributed by atoms with E-state index in [9.17, 15) is 14.7 Å². The Morgan fingerprint density at radius 2 is 1.70 bits per heavy atom. The third-order valence-corrected chi connectivity index (χ3v) is 4.96. The Kier molecular flexibility index (Phi) is 6.08. The van der Waals surface area contributed by atoms with Crippen LogP contribution in [0.4, 0.5) is 5.69 Å². The van der Waals surface area contributed by atoms with E-state index < -0.39 is 5.56 Å². The highest BCUT2D eigenvalue weighted by molar-refractivity contribution is 6.05. The lowest BCUT2D eigenvalue weighted by Gasteiger charge is -2.09. The number of H-pyrrole nitrogens is 1. The minimum Gasteiger partial charge on any atom is -0.507 e. The second kappa shape index (κ2) is 9.27. The maximum absolute atomic E-state index is 12.6. The molecule has 0 fully saturated rings. The van der Waals surface area contributed by atoms with Gasteiger partial charge in [-0.2, -0.15) is 0 Å². The quantitative estimate of drug-likeness (QED) is 0.384. The number of aliphatic hydroxyl groups is 1. The Morgan fingerprint density at radius 1 is 0.970 bits per heavy atom. The number of nitrogens with one attached hydrogen (secondary N) is 2. The Morgan fingerprint density at radius 3 is 2.42 bits per heavy atom. The van der Waals surface area contributed by atoms with E-state index in [1.807, 2.05) is 18.2 Å². The van der Waals surface area contributed by atoms with Crippen molar-refractivity contribution in [1.82, 2.24) is 9.97 Å². The van der Waals surface area contributed by atoms with Crippen LogP contribution in [0.15, 0.2) is 71.5 Å². The molecule has 3 N–H and O–H groups in total. The first-order valence-corrected chi connectivity index (χ1v) is 10.0. The van der Waals surface area contributed by atoms with Crippen molar-refractivity contribution in [1.29, 1.82) is 0 Å². The number of anilines is 1.